The highest BCUT2D eigenvalue weighted by atomic mass is 32.2. The van der Waals surface area contributed by atoms with E-state index in [1.165, 1.54) is 23.2 Å². The molecule has 0 spiro atoms. The summed E-state index contributed by atoms with van der Waals surface area (Å²) in [5.74, 6) is 0.0684. The number of aromatic nitrogens is 2. The third-order valence-electron chi connectivity index (χ3n) is 3.95. The predicted octanol–water partition coefficient (Wildman–Crippen LogP) is 3.64. The third-order valence-corrected chi connectivity index (χ3v) is 6.15. The smallest absolute Gasteiger partial charge is 0.182 e. The number of hydrogen-bond acceptors (Lipinski definition) is 5. The zero-order chi connectivity index (χ0) is 19.4. The first-order chi connectivity index (χ1) is 12.9. The van der Waals surface area contributed by atoms with E-state index in [-0.39, 0.29) is 10.7 Å². The van der Waals surface area contributed by atoms with Gasteiger partial charge >= 0.3 is 0 Å². The monoisotopic (exact) mass is 386 g/mol. The lowest BCUT2D eigenvalue weighted by Gasteiger charge is -2.14. The van der Waals surface area contributed by atoms with Crippen LogP contribution in [0, 0.1) is 5.82 Å². The maximum Gasteiger partial charge on any atom is 0.182 e. The molecule has 140 valence electrons. The van der Waals surface area contributed by atoms with Gasteiger partial charge in [0.2, 0.25) is 0 Å². The fourth-order valence-electron chi connectivity index (χ4n) is 2.45. The van der Waals surface area contributed by atoms with Crippen molar-refractivity contribution < 1.29 is 12.8 Å². The number of nitrogens with one attached hydrogen (secondary N) is 1. The van der Waals surface area contributed by atoms with Gasteiger partial charge in [-0.2, -0.15) is 10.2 Å². The Morgan fingerprint density at radius 2 is 1.81 bits per heavy atom. The number of halogens is 1. The van der Waals surface area contributed by atoms with E-state index in [0.29, 0.717) is 17.1 Å². The summed E-state index contributed by atoms with van der Waals surface area (Å²) in [6.45, 7) is 3.26. The maximum absolute atomic E-state index is 13.7. The quantitative estimate of drug-likeness (QED) is 0.518. The van der Waals surface area contributed by atoms with Crippen molar-refractivity contribution in [3.05, 3.63) is 72.2 Å². The van der Waals surface area contributed by atoms with E-state index in [2.05, 4.69) is 15.6 Å². The van der Waals surface area contributed by atoms with Crippen LogP contribution in [0.3, 0.4) is 0 Å². The molecule has 1 heterocycles. The number of anilines is 1. The highest BCUT2D eigenvalue weighted by Crippen LogP contribution is 2.25. The summed E-state index contributed by atoms with van der Waals surface area (Å²) in [4.78, 5) is 0.185. The largest absolute Gasteiger partial charge is 0.261 e. The van der Waals surface area contributed by atoms with Crippen molar-refractivity contribution in [1.29, 1.82) is 0 Å². The SMILES string of the molecule is CC(C)S(=O)(=O)c1ccccc1-n1nccc1N/N=C/c1ccccc1F. The average Bonchev–Trinajstić information content (AvgIpc) is 3.11. The molecule has 0 saturated carbocycles. The summed E-state index contributed by atoms with van der Waals surface area (Å²) >= 11 is 0. The molecule has 0 saturated heterocycles. The van der Waals surface area contributed by atoms with E-state index < -0.39 is 15.1 Å². The van der Waals surface area contributed by atoms with Crippen LogP contribution in [0.25, 0.3) is 5.69 Å². The molecule has 1 aromatic heterocycles. The molecule has 0 radical (unpaired) electrons. The van der Waals surface area contributed by atoms with Crippen molar-refractivity contribution in [2.45, 2.75) is 24.0 Å². The van der Waals surface area contributed by atoms with Crippen molar-refractivity contribution in [1.82, 2.24) is 9.78 Å². The summed E-state index contributed by atoms with van der Waals surface area (Å²) < 4.78 is 40.4. The Labute approximate surface area is 157 Å². The molecule has 0 amide bonds. The van der Waals surface area contributed by atoms with E-state index in [0.717, 1.165) is 0 Å². The van der Waals surface area contributed by atoms with Gasteiger partial charge in [0.25, 0.3) is 0 Å². The van der Waals surface area contributed by atoms with Crippen LogP contribution in [0.5, 0.6) is 0 Å². The van der Waals surface area contributed by atoms with Crippen molar-refractivity contribution in [3.63, 3.8) is 0 Å². The summed E-state index contributed by atoms with van der Waals surface area (Å²) in [6, 6.07) is 14.5. The van der Waals surface area contributed by atoms with Crippen LogP contribution in [0.2, 0.25) is 0 Å². The summed E-state index contributed by atoms with van der Waals surface area (Å²) in [5, 5.41) is 7.67. The maximum atomic E-state index is 13.7. The summed E-state index contributed by atoms with van der Waals surface area (Å²) in [6.07, 6.45) is 2.88. The van der Waals surface area contributed by atoms with Crippen LogP contribution in [0.4, 0.5) is 10.2 Å². The topological polar surface area (TPSA) is 76.3 Å². The van der Waals surface area contributed by atoms with Gasteiger partial charge in [-0.25, -0.2) is 17.5 Å². The van der Waals surface area contributed by atoms with Crippen LogP contribution >= 0.6 is 0 Å². The second-order valence-corrected chi connectivity index (χ2v) is 8.55. The van der Waals surface area contributed by atoms with Gasteiger partial charge in [-0.15, -0.1) is 0 Å². The molecular weight excluding hydrogens is 367 g/mol. The van der Waals surface area contributed by atoms with Gasteiger partial charge in [0.1, 0.15) is 11.6 Å². The minimum atomic E-state index is -3.50. The molecule has 3 rings (SSSR count). The number of rotatable bonds is 6. The van der Waals surface area contributed by atoms with Gasteiger partial charge in [0.15, 0.2) is 9.84 Å². The first-order valence-electron chi connectivity index (χ1n) is 8.32. The van der Waals surface area contributed by atoms with Crippen molar-refractivity contribution in [2.24, 2.45) is 5.10 Å². The van der Waals surface area contributed by atoms with Crippen LogP contribution in [-0.2, 0) is 9.84 Å². The lowest BCUT2D eigenvalue weighted by atomic mass is 10.2. The molecule has 0 bridgehead atoms. The molecule has 3 aromatic rings. The van der Waals surface area contributed by atoms with Crippen molar-refractivity contribution in [3.8, 4) is 5.69 Å². The third kappa shape index (κ3) is 3.90. The van der Waals surface area contributed by atoms with Gasteiger partial charge in [-0.3, -0.25) is 5.43 Å². The lowest BCUT2D eigenvalue weighted by molar-refractivity contribution is 0.586. The minimum Gasteiger partial charge on any atom is -0.261 e. The van der Waals surface area contributed by atoms with E-state index in [1.54, 1.807) is 62.4 Å². The zero-order valence-electron chi connectivity index (χ0n) is 14.9. The summed E-state index contributed by atoms with van der Waals surface area (Å²) in [7, 11) is -3.50. The highest BCUT2D eigenvalue weighted by Gasteiger charge is 2.24. The number of nitrogens with zero attached hydrogens (tertiary/aromatic N) is 3. The highest BCUT2D eigenvalue weighted by molar-refractivity contribution is 7.92. The lowest BCUT2D eigenvalue weighted by Crippen LogP contribution is -2.17. The zero-order valence-corrected chi connectivity index (χ0v) is 15.7. The van der Waals surface area contributed by atoms with Crippen LogP contribution in [0.1, 0.15) is 19.4 Å². The van der Waals surface area contributed by atoms with E-state index >= 15 is 0 Å². The predicted molar refractivity (Wildman–Crippen MR) is 104 cm³/mol. The first-order valence-corrected chi connectivity index (χ1v) is 9.87. The molecule has 0 aliphatic heterocycles. The number of benzene rings is 2. The normalized spacial score (nSPS) is 12.0. The van der Waals surface area contributed by atoms with Gasteiger partial charge in [-0.05, 0) is 32.0 Å². The molecule has 0 atom stereocenters. The van der Waals surface area contributed by atoms with E-state index in [1.807, 2.05) is 0 Å². The fourth-order valence-corrected chi connectivity index (χ4v) is 3.68. The molecule has 0 unspecified atom stereocenters. The molecule has 0 fully saturated rings. The van der Waals surface area contributed by atoms with Gasteiger partial charge in [-0.1, -0.05) is 30.3 Å². The Bertz CT molecular complexity index is 1070. The Morgan fingerprint density at radius 3 is 2.56 bits per heavy atom. The second kappa shape index (κ2) is 7.71. The molecule has 1 N–H and O–H groups in total. The fraction of sp³-hybridized carbons (Fsp3) is 0.158. The van der Waals surface area contributed by atoms with Crippen LogP contribution in [0.15, 0.2) is 70.8 Å². The molecule has 6 nitrogen and oxygen atoms in total. The van der Waals surface area contributed by atoms with Crippen LogP contribution < -0.4 is 5.43 Å². The van der Waals surface area contributed by atoms with Gasteiger partial charge < -0.3 is 0 Å². The molecule has 0 aliphatic rings. The van der Waals surface area contributed by atoms with Crippen LogP contribution in [-0.4, -0.2) is 29.7 Å². The van der Waals surface area contributed by atoms with Crippen molar-refractivity contribution in [2.75, 3.05) is 5.43 Å². The second-order valence-electron chi connectivity index (χ2n) is 6.08. The Morgan fingerprint density at radius 1 is 1.11 bits per heavy atom. The molecule has 27 heavy (non-hydrogen) atoms. The molecule has 2 aromatic carbocycles. The standard InChI is InChI=1S/C19H19FN4O2S/c1-14(2)27(25,26)18-10-6-5-9-17(18)24-19(11-12-22-24)23-21-13-15-7-3-4-8-16(15)20/h3-14,23H,1-2H3/b21-13+. The van der Waals surface area contributed by atoms with Gasteiger partial charge in [0, 0.05) is 11.6 Å². The average molecular weight is 386 g/mol. The van der Waals surface area contributed by atoms with E-state index in [4.69, 9.17) is 0 Å². The molecular formula is C19H19FN4O2S. The molecule has 8 heteroatoms. The number of hydrazone groups is 1. The Hall–Kier alpha value is -3.00. The Balaban J connectivity index is 1.94. The number of para-hydroxylation sites is 1. The van der Waals surface area contributed by atoms with Crippen molar-refractivity contribution >= 4 is 21.9 Å². The minimum absolute atomic E-state index is 0.185. The van der Waals surface area contributed by atoms with Gasteiger partial charge in [0.05, 0.1) is 28.2 Å². The number of hydrogen-bond donors (Lipinski definition) is 1. The first kappa shape index (κ1) is 18.8. The Kier molecular flexibility index (Phi) is 5.36. The molecule has 0 aliphatic carbocycles. The summed E-state index contributed by atoms with van der Waals surface area (Å²) in [5.41, 5.74) is 3.53. The van der Waals surface area contributed by atoms with E-state index in [9.17, 15) is 12.8 Å². The number of sulfone groups is 1.